The van der Waals surface area contributed by atoms with E-state index < -0.39 is 0 Å². The Morgan fingerprint density at radius 2 is 2.31 bits per heavy atom. The second-order valence-corrected chi connectivity index (χ2v) is 3.90. The molecule has 1 saturated heterocycles. The summed E-state index contributed by atoms with van der Waals surface area (Å²) in [6.45, 7) is 2.93. The number of nitrogens with zero attached hydrogens (tertiary/aromatic N) is 1. The van der Waals surface area contributed by atoms with Crippen molar-refractivity contribution in [1.82, 2.24) is 4.90 Å². The summed E-state index contributed by atoms with van der Waals surface area (Å²) in [6.07, 6.45) is 1.00. The van der Waals surface area contributed by atoms with Gasteiger partial charge < -0.3 is 10.2 Å². The number of aryl methyl sites for hydroxylation is 1. The summed E-state index contributed by atoms with van der Waals surface area (Å²) in [5.74, 6) is 2.02. The van der Waals surface area contributed by atoms with E-state index in [0.717, 1.165) is 24.5 Å². The standard InChI is InChI=1S/C10H16N2O/c1-7-3-4-10(13-7)9-5-8(11)6-12(9)2/h3-4,8-9H,5-6,11H2,1-2H3. The maximum absolute atomic E-state index is 5.88. The fourth-order valence-electron chi connectivity index (χ4n) is 2.00. The molecule has 2 unspecified atom stereocenters. The van der Waals surface area contributed by atoms with E-state index >= 15 is 0 Å². The molecule has 0 bridgehead atoms. The normalized spacial score (nSPS) is 29.8. The number of hydrogen-bond acceptors (Lipinski definition) is 3. The monoisotopic (exact) mass is 180 g/mol. The molecule has 2 atom stereocenters. The van der Waals surface area contributed by atoms with Crippen molar-refractivity contribution in [3.63, 3.8) is 0 Å². The molecule has 0 aromatic carbocycles. The molecule has 0 aliphatic carbocycles. The average Bonchev–Trinajstić information content (AvgIpc) is 2.58. The number of rotatable bonds is 1. The molecule has 0 radical (unpaired) electrons. The van der Waals surface area contributed by atoms with E-state index in [0.29, 0.717) is 12.1 Å². The molecule has 1 aliphatic heterocycles. The minimum atomic E-state index is 0.292. The van der Waals surface area contributed by atoms with Gasteiger partial charge in [-0.15, -0.1) is 0 Å². The fourth-order valence-corrected chi connectivity index (χ4v) is 2.00. The molecule has 3 heteroatoms. The first-order chi connectivity index (χ1) is 6.16. The largest absolute Gasteiger partial charge is 0.465 e. The van der Waals surface area contributed by atoms with Crippen LogP contribution in [0.25, 0.3) is 0 Å². The van der Waals surface area contributed by atoms with Gasteiger partial charge >= 0.3 is 0 Å². The molecular formula is C10H16N2O. The molecule has 2 rings (SSSR count). The highest BCUT2D eigenvalue weighted by molar-refractivity contribution is 5.12. The lowest BCUT2D eigenvalue weighted by atomic mass is 10.1. The van der Waals surface area contributed by atoms with Crippen molar-refractivity contribution in [2.75, 3.05) is 13.6 Å². The highest BCUT2D eigenvalue weighted by Crippen LogP contribution is 2.30. The highest BCUT2D eigenvalue weighted by Gasteiger charge is 2.30. The van der Waals surface area contributed by atoms with Crippen molar-refractivity contribution < 1.29 is 4.42 Å². The van der Waals surface area contributed by atoms with Crippen molar-refractivity contribution in [3.8, 4) is 0 Å². The van der Waals surface area contributed by atoms with Gasteiger partial charge in [-0.3, -0.25) is 4.90 Å². The zero-order valence-corrected chi connectivity index (χ0v) is 8.16. The maximum atomic E-state index is 5.88. The maximum Gasteiger partial charge on any atom is 0.121 e. The molecule has 1 aliphatic rings. The van der Waals surface area contributed by atoms with Crippen LogP contribution in [-0.2, 0) is 0 Å². The highest BCUT2D eigenvalue weighted by atomic mass is 16.3. The van der Waals surface area contributed by atoms with Crippen LogP contribution in [0.15, 0.2) is 16.5 Å². The smallest absolute Gasteiger partial charge is 0.121 e. The second kappa shape index (κ2) is 3.16. The first-order valence-corrected chi connectivity index (χ1v) is 4.69. The lowest BCUT2D eigenvalue weighted by Gasteiger charge is -2.16. The van der Waals surface area contributed by atoms with Gasteiger partial charge in [0.1, 0.15) is 11.5 Å². The Hall–Kier alpha value is -0.800. The Kier molecular flexibility index (Phi) is 2.14. The molecule has 72 valence electrons. The van der Waals surface area contributed by atoms with Gasteiger partial charge in [0.05, 0.1) is 6.04 Å². The van der Waals surface area contributed by atoms with Gasteiger partial charge in [-0.25, -0.2) is 0 Å². The van der Waals surface area contributed by atoms with Gasteiger partial charge in [-0.1, -0.05) is 0 Å². The lowest BCUT2D eigenvalue weighted by molar-refractivity contribution is 0.272. The third kappa shape index (κ3) is 1.62. The molecule has 3 nitrogen and oxygen atoms in total. The number of hydrogen-bond donors (Lipinski definition) is 1. The first-order valence-electron chi connectivity index (χ1n) is 4.69. The minimum absolute atomic E-state index is 0.292. The molecule has 1 aromatic rings. The van der Waals surface area contributed by atoms with Crippen LogP contribution in [0.4, 0.5) is 0 Å². The van der Waals surface area contributed by atoms with E-state index in [1.807, 2.05) is 13.0 Å². The Bertz CT molecular complexity index is 295. The Balaban J connectivity index is 2.17. The van der Waals surface area contributed by atoms with Crippen LogP contribution >= 0.6 is 0 Å². The molecule has 0 spiro atoms. The fraction of sp³-hybridized carbons (Fsp3) is 0.600. The molecule has 13 heavy (non-hydrogen) atoms. The molecule has 0 saturated carbocycles. The summed E-state index contributed by atoms with van der Waals surface area (Å²) in [5, 5.41) is 0. The van der Waals surface area contributed by atoms with Gasteiger partial charge in [0.25, 0.3) is 0 Å². The van der Waals surface area contributed by atoms with E-state index in [2.05, 4.69) is 18.0 Å². The third-order valence-corrected chi connectivity index (χ3v) is 2.67. The van der Waals surface area contributed by atoms with Crippen molar-refractivity contribution in [2.45, 2.75) is 25.4 Å². The summed E-state index contributed by atoms with van der Waals surface area (Å²) in [5.41, 5.74) is 5.88. The van der Waals surface area contributed by atoms with Crippen LogP contribution < -0.4 is 5.73 Å². The topological polar surface area (TPSA) is 42.4 Å². The summed E-state index contributed by atoms with van der Waals surface area (Å²) >= 11 is 0. The summed E-state index contributed by atoms with van der Waals surface area (Å²) in [7, 11) is 2.09. The van der Waals surface area contributed by atoms with Crippen LogP contribution in [0.3, 0.4) is 0 Å². The zero-order chi connectivity index (χ0) is 9.42. The Morgan fingerprint density at radius 1 is 1.54 bits per heavy atom. The summed E-state index contributed by atoms with van der Waals surface area (Å²) in [6, 6.07) is 4.73. The van der Waals surface area contributed by atoms with Gasteiger partial charge in [0.15, 0.2) is 0 Å². The molecule has 1 aromatic heterocycles. The second-order valence-electron chi connectivity index (χ2n) is 3.90. The first kappa shape index (κ1) is 8.78. The van der Waals surface area contributed by atoms with E-state index in [9.17, 15) is 0 Å². The van der Waals surface area contributed by atoms with Crippen molar-refractivity contribution in [2.24, 2.45) is 5.73 Å². The predicted molar refractivity (Wildman–Crippen MR) is 51.4 cm³/mol. The van der Waals surface area contributed by atoms with Crippen LogP contribution in [0, 0.1) is 6.92 Å². The predicted octanol–water partition coefficient (Wildman–Crippen LogP) is 1.29. The minimum Gasteiger partial charge on any atom is -0.465 e. The van der Waals surface area contributed by atoms with E-state index in [4.69, 9.17) is 10.2 Å². The number of furan rings is 1. The van der Waals surface area contributed by atoms with Crippen molar-refractivity contribution in [1.29, 1.82) is 0 Å². The third-order valence-electron chi connectivity index (χ3n) is 2.67. The zero-order valence-electron chi connectivity index (χ0n) is 8.16. The molecule has 1 fully saturated rings. The van der Waals surface area contributed by atoms with E-state index in [-0.39, 0.29) is 0 Å². The average molecular weight is 180 g/mol. The molecule has 2 N–H and O–H groups in total. The van der Waals surface area contributed by atoms with Crippen LogP contribution in [-0.4, -0.2) is 24.5 Å². The van der Waals surface area contributed by atoms with Crippen molar-refractivity contribution >= 4 is 0 Å². The lowest BCUT2D eigenvalue weighted by Crippen LogP contribution is -2.24. The summed E-state index contributed by atoms with van der Waals surface area (Å²) in [4.78, 5) is 2.25. The quantitative estimate of drug-likeness (QED) is 0.708. The molecule has 2 heterocycles. The molecular weight excluding hydrogens is 164 g/mol. The van der Waals surface area contributed by atoms with Gasteiger partial charge in [-0.2, -0.15) is 0 Å². The van der Waals surface area contributed by atoms with Crippen LogP contribution in [0.2, 0.25) is 0 Å². The SMILES string of the molecule is Cc1ccc(C2CC(N)CN2C)o1. The van der Waals surface area contributed by atoms with Gasteiger partial charge in [-0.05, 0) is 32.5 Å². The van der Waals surface area contributed by atoms with E-state index in [1.54, 1.807) is 0 Å². The van der Waals surface area contributed by atoms with Gasteiger partial charge in [0, 0.05) is 12.6 Å². The van der Waals surface area contributed by atoms with Gasteiger partial charge in [0.2, 0.25) is 0 Å². The van der Waals surface area contributed by atoms with Crippen LogP contribution in [0.1, 0.15) is 24.0 Å². The van der Waals surface area contributed by atoms with E-state index in [1.165, 1.54) is 0 Å². The van der Waals surface area contributed by atoms with Crippen LogP contribution in [0.5, 0.6) is 0 Å². The summed E-state index contributed by atoms with van der Waals surface area (Å²) < 4.78 is 5.59. The molecule has 0 amide bonds. The number of nitrogens with two attached hydrogens (primary N) is 1. The van der Waals surface area contributed by atoms with Crippen molar-refractivity contribution in [3.05, 3.63) is 23.7 Å². The Morgan fingerprint density at radius 3 is 2.77 bits per heavy atom. The number of likely N-dealkylation sites (tertiary alicyclic amines) is 1. The number of likely N-dealkylation sites (N-methyl/N-ethyl adjacent to an activating group) is 1. The Labute approximate surface area is 78.5 Å².